The Morgan fingerprint density at radius 1 is 0.719 bits per heavy atom. The Hall–Kier alpha value is -1.71. The second-order valence-corrected chi connectivity index (χ2v) is 13.1. The number of rotatable bonds is 4. The van der Waals surface area contributed by atoms with E-state index < -0.39 is 0 Å². The van der Waals surface area contributed by atoms with Gasteiger partial charge in [-0.3, -0.25) is 14.6 Å². The summed E-state index contributed by atoms with van der Waals surface area (Å²) in [5.74, 6) is 0.0894. The van der Waals surface area contributed by atoms with Gasteiger partial charge in [-0.05, 0) is 89.2 Å². The van der Waals surface area contributed by atoms with Crippen LogP contribution in [0.5, 0.6) is 0 Å². The van der Waals surface area contributed by atoms with Gasteiger partial charge in [0.1, 0.15) is 0 Å². The molecular formula is C29H46N2O. The highest BCUT2D eigenvalue weighted by molar-refractivity contribution is 6.10. The van der Waals surface area contributed by atoms with E-state index in [-0.39, 0.29) is 33.6 Å². The maximum absolute atomic E-state index is 13.2. The molecule has 0 bridgehead atoms. The lowest BCUT2D eigenvalue weighted by atomic mass is 9.78. The third kappa shape index (κ3) is 5.43. The summed E-state index contributed by atoms with van der Waals surface area (Å²) in [4.78, 5) is 18.5. The van der Waals surface area contributed by atoms with Crippen molar-refractivity contribution in [3.05, 3.63) is 59.7 Å². The average Bonchev–Trinajstić information content (AvgIpc) is 2.57. The maximum atomic E-state index is 13.2. The van der Waals surface area contributed by atoms with Crippen LogP contribution in [0.1, 0.15) is 99.9 Å². The van der Waals surface area contributed by atoms with E-state index in [1.165, 1.54) is 0 Å². The molecule has 0 fully saturated rings. The van der Waals surface area contributed by atoms with Crippen molar-refractivity contribution in [3.63, 3.8) is 0 Å². The van der Waals surface area contributed by atoms with Gasteiger partial charge in [-0.1, -0.05) is 42.5 Å². The smallest absolute Gasteiger partial charge is 0.192 e. The summed E-state index contributed by atoms with van der Waals surface area (Å²) in [7, 11) is 0. The minimum absolute atomic E-state index is 0.0894. The lowest BCUT2D eigenvalue weighted by Crippen LogP contribution is -2.76. The normalized spacial score (nSPS) is 17.6. The van der Waals surface area contributed by atoms with Gasteiger partial charge in [0.2, 0.25) is 0 Å². The van der Waals surface area contributed by atoms with Crippen molar-refractivity contribution >= 4 is 5.78 Å². The number of hydrogen-bond donors (Lipinski definition) is 0. The van der Waals surface area contributed by atoms with E-state index in [9.17, 15) is 4.79 Å². The minimum atomic E-state index is -0.381. The first-order valence-electron chi connectivity index (χ1n) is 11.9. The number of Topliss-reactive ketones (excluding diaryl/α,β-unsaturated/α-hetero) is 1. The van der Waals surface area contributed by atoms with Gasteiger partial charge in [-0.2, -0.15) is 0 Å². The van der Waals surface area contributed by atoms with Crippen LogP contribution in [-0.2, 0) is 0 Å². The van der Waals surface area contributed by atoms with Crippen LogP contribution in [0.3, 0.4) is 0 Å². The molecule has 0 radical (unpaired) electrons. The molecule has 0 aromatic heterocycles. The monoisotopic (exact) mass is 438 g/mol. The lowest BCUT2D eigenvalue weighted by molar-refractivity contribution is -0.178. The summed E-state index contributed by atoms with van der Waals surface area (Å²) < 4.78 is 0. The molecule has 1 aliphatic rings. The Bertz CT molecular complexity index is 805. The fourth-order valence-corrected chi connectivity index (χ4v) is 6.31. The molecule has 0 unspecified atom stereocenters. The standard InChI is InChI=1S/C29H46N2O/c1-25(2,3)30(26(4,5)6)29(31(27(7,8)9)28(10,11)12)20-18-23(19-21-29)24(32)22-16-14-13-15-17-22/h13-20H,21H2,1-12H3. The SMILES string of the molecule is CC(C)(C)N(C(C)(C)C)C1(N(C(C)(C)C)C(C)(C)C)C=CC(C(=O)c2ccccc2)=CC1. The molecule has 1 aliphatic carbocycles. The van der Waals surface area contributed by atoms with Gasteiger partial charge >= 0.3 is 0 Å². The van der Waals surface area contributed by atoms with Crippen LogP contribution in [0.25, 0.3) is 0 Å². The summed E-state index contributed by atoms with van der Waals surface area (Å²) in [5, 5.41) is 0. The van der Waals surface area contributed by atoms with E-state index >= 15 is 0 Å². The van der Waals surface area contributed by atoms with Crippen LogP contribution < -0.4 is 0 Å². The van der Waals surface area contributed by atoms with E-state index in [0.29, 0.717) is 0 Å². The van der Waals surface area contributed by atoms with Gasteiger partial charge in [-0.15, -0.1) is 0 Å². The molecule has 2 rings (SSSR count). The summed E-state index contributed by atoms with van der Waals surface area (Å²) in [5.41, 5.74) is 0.768. The van der Waals surface area contributed by atoms with E-state index in [4.69, 9.17) is 0 Å². The van der Waals surface area contributed by atoms with Gasteiger partial charge in [-0.25, -0.2) is 0 Å². The number of carbonyl (C=O) groups is 1. The topological polar surface area (TPSA) is 23.6 Å². The van der Waals surface area contributed by atoms with E-state index in [2.05, 4.69) is 111 Å². The minimum Gasteiger partial charge on any atom is -0.289 e. The molecular weight excluding hydrogens is 392 g/mol. The molecule has 1 aromatic rings. The van der Waals surface area contributed by atoms with Crippen molar-refractivity contribution in [2.45, 2.75) is 117 Å². The molecule has 3 heteroatoms. The van der Waals surface area contributed by atoms with Crippen LogP contribution in [-0.4, -0.2) is 43.4 Å². The molecule has 0 heterocycles. The summed E-state index contributed by atoms with van der Waals surface area (Å²) in [6, 6.07) is 9.58. The number of benzene rings is 1. The van der Waals surface area contributed by atoms with Crippen LogP contribution in [0.15, 0.2) is 54.1 Å². The predicted molar refractivity (Wildman–Crippen MR) is 138 cm³/mol. The third-order valence-corrected chi connectivity index (χ3v) is 5.91. The summed E-state index contributed by atoms with van der Waals surface area (Å²) in [6.45, 7) is 27.6. The number of carbonyl (C=O) groups excluding carboxylic acids is 1. The van der Waals surface area contributed by atoms with Gasteiger partial charge in [0, 0.05) is 39.7 Å². The fourth-order valence-electron chi connectivity index (χ4n) is 6.31. The first-order chi connectivity index (χ1) is 14.3. The second-order valence-electron chi connectivity index (χ2n) is 13.1. The molecule has 32 heavy (non-hydrogen) atoms. The van der Waals surface area contributed by atoms with E-state index in [1.807, 2.05) is 30.3 Å². The van der Waals surface area contributed by atoms with Crippen LogP contribution in [0.2, 0.25) is 0 Å². The molecule has 0 spiro atoms. The Morgan fingerprint density at radius 2 is 1.12 bits per heavy atom. The average molecular weight is 439 g/mol. The van der Waals surface area contributed by atoms with E-state index in [0.717, 1.165) is 17.6 Å². The van der Waals surface area contributed by atoms with Crippen molar-refractivity contribution < 1.29 is 4.79 Å². The first-order valence-corrected chi connectivity index (χ1v) is 11.9. The van der Waals surface area contributed by atoms with Crippen LogP contribution in [0, 0.1) is 0 Å². The number of ketones is 1. The van der Waals surface area contributed by atoms with E-state index in [1.54, 1.807) is 0 Å². The van der Waals surface area contributed by atoms with Crippen molar-refractivity contribution in [2.75, 3.05) is 0 Å². The Kier molecular flexibility index (Phi) is 7.11. The van der Waals surface area contributed by atoms with Crippen molar-refractivity contribution in [1.29, 1.82) is 0 Å². The molecule has 1 aromatic carbocycles. The summed E-state index contributed by atoms with van der Waals surface area (Å²) >= 11 is 0. The molecule has 0 saturated heterocycles. The molecule has 0 saturated carbocycles. The highest BCUT2D eigenvalue weighted by Gasteiger charge is 2.55. The zero-order valence-corrected chi connectivity index (χ0v) is 22.6. The lowest BCUT2D eigenvalue weighted by Gasteiger charge is -2.65. The van der Waals surface area contributed by atoms with Crippen LogP contribution >= 0.6 is 0 Å². The van der Waals surface area contributed by atoms with Gasteiger partial charge in [0.25, 0.3) is 0 Å². The molecule has 0 N–H and O–H groups in total. The molecule has 0 aliphatic heterocycles. The molecule has 178 valence electrons. The van der Waals surface area contributed by atoms with Gasteiger partial charge in [0.05, 0.1) is 5.66 Å². The van der Waals surface area contributed by atoms with Crippen molar-refractivity contribution in [2.24, 2.45) is 0 Å². The van der Waals surface area contributed by atoms with Crippen LogP contribution in [0.4, 0.5) is 0 Å². The van der Waals surface area contributed by atoms with Crippen molar-refractivity contribution in [3.8, 4) is 0 Å². The largest absolute Gasteiger partial charge is 0.289 e. The first kappa shape index (κ1) is 26.5. The molecule has 0 atom stereocenters. The third-order valence-electron chi connectivity index (χ3n) is 5.91. The highest BCUT2D eigenvalue weighted by Crippen LogP contribution is 2.47. The zero-order valence-electron chi connectivity index (χ0n) is 22.6. The Labute approximate surface area is 197 Å². The second kappa shape index (κ2) is 8.57. The van der Waals surface area contributed by atoms with Crippen molar-refractivity contribution in [1.82, 2.24) is 9.80 Å². The Balaban J connectivity index is 2.71. The number of nitrogens with zero attached hydrogens (tertiary/aromatic N) is 2. The predicted octanol–water partition coefficient (Wildman–Crippen LogP) is 7.25. The fraction of sp³-hybridized carbons (Fsp3) is 0.621. The molecule has 3 nitrogen and oxygen atoms in total. The number of hydrogen-bond acceptors (Lipinski definition) is 3. The quantitative estimate of drug-likeness (QED) is 0.365. The van der Waals surface area contributed by atoms with Gasteiger partial charge in [0.15, 0.2) is 5.78 Å². The van der Waals surface area contributed by atoms with Gasteiger partial charge < -0.3 is 0 Å². The zero-order chi connectivity index (χ0) is 24.8. The number of allylic oxidation sites excluding steroid dienone is 2. The Morgan fingerprint density at radius 3 is 1.44 bits per heavy atom. The summed E-state index contributed by atoms with van der Waals surface area (Å²) in [6.07, 6.45) is 7.27. The maximum Gasteiger partial charge on any atom is 0.192 e. The highest BCUT2D eigenvalue weighted by atomic mass is 16.1. The molecule has 0 amide bonds.